The van der Waals surface area contributed by atoms with Gasteiger partial charge < -0.3 is 61.9 Å². The van der Waals surface area contributed by atoms with E-state index >= 15 is 4.79 Å². The molecule has 1 aliphatic carbocycles. The molecule has 5 rings (SSSR count). The Balaban J connectivity index is 1.66. The van der Waals surface area contributed by atoms with Crippen molar-refractivity contribution in [3.63, 3.8) is 0 Å². The molecule has 1 saturated carbocycles. The maximum absolute atomic E-state index is 15.1. The summed E-state index contributed by atoms with van der Waals surface area (Å²) in [6.45, 7) is 31.4. The summed E-state index contributed by atoms with van der Waals surface area (Å²) in [5, 5.41) is 26.2. The number of nitrogens with zero attached hydrogens (tertiary/aromatic N) is 2. The minimum atomic E-state index is -2.37. The minimum Gasteiger partial charge on any atom is -0.459 e. The van der Waals surface area contributed by atoms with E-state index in [1.807, 2.05) is 102 Å². The van der Waals surface area contributed by atoms with Crippen LogP contribution < -0.4 is 0 Å². The number of methoxy groups -OCH3 is 1. The Morgan fingerprint density at radius 3 is 1.87 bits per heavy atom. The maximum atomic E-state index is 15.1. The molecule has 0 bridgehead atoms. The zero-order valence-corrected chi connectivity index (χ0v) is 52.5. The summed E-state index contributed by atoms with van der Waals surface area (Å²) in [5.74, 6) is -2.68. The summed E-state index contributed by atoms with van der Waals surface area (Å²) < 4.78 is 65.6. The standard InChI is InChI=1S/C59H98N2O15Si2/c1-20-47-59(10,66)52(76-78(17,18)19)42(7)60(11)37(2)34-57(8,65)50(40(5)48(41(6)53(62)72-47)71-46-31-32-58(9,67-13)51(39(46)4)75-77(14,15)16)74-54-49(73-56(64)69-36-44-29-25-22-26-30-44)45(33-38(3)70-54)61(12)55(63)68-35-43-27-23-21-24-28-43/h21-30,37-42,45-52,54,65-66H,20,31-36H2,1-19H3/t37-,38-,39+,40+,41-,42-,45-,46-,47-,48+,49-,50-,51-,52-,54+,57-,58+,59-/m1/s1. The summed E-state index contributed by atoms with van der Waals surface area (Å²) in [6.07, 6.45) is -8.09. The summed E-state index contributed by atoms with van der Waals surface area (Å²) in [7, 11) is 0.689. The SMILES string of the molecule is CC[C@H]1OC(=O)[C@H](C)[C@@H](O[C@@H]2CC[C@](C)(OC)[C@H](O[Si](C)(C)C)[C@H]2C)[C@H](C)[C@@H](O[C@@H]2O[C@H](C)C[C@@H](N(C)C(=O)OCc3ccccc3)[C@H]2OC(=O)OCc2ccccc2)[C@](C)(O)C[C@@H](C)N(C)[C@H](C)[C@@H](O[Si](C)(C)C)[C@]1(C)O. The lowest BCUT2D eigenvalue weighted by atomic mass is 9.74. The van der Waals surface area contributed by atoms with Crippen molar-refractivity contribution in [2.75, 3.05) is 21.2 Å². The predicted molar refractivity (Wildman–Crippen MR) is 303 cm³/mol. The van der Waals surface area contributed by atoms with E-state index in [1.165, 1.54) is 4.90 Å². The average molecular weight is 1130 g/mol. The van der Waals surface area contributed by atoms with Crippen LogP contribution in [0.5, 0.6) is 0 Å². The molecule has 2 aromatic carbocycles. The highest BCUT2D eigenvalue weighted by Gasteiger charge is 2.55. The highest BCUT2D eigenvalue weighted by Crippen LogP contribution is 2.44. The molecule has 1 amide bonds. The molecule has 2 aromatic rings. The van der Waals surface area contributed by atoms with Crippen LogP contribution in [-0.2, 0) is 64.8 Å². The molecule has 78 heavy (non-hydrogen) atoms. The van der Waals surface area contributed by atoms with Crippen molar-refractivity contribution >= 4 is 34.9 Å². The first-order valence-corrected chi connectivity index (χ1v) is 35.1. The van der Waals surface area contributed by atoms with E-state index in [0.29, 0.717) is 12.8 Å². The number of carbonyl (C=O) groups excluding carboxylic acids is 3. The fourth-order valence-corrected chi connectivity index (χ4v) is 14.3. The Bertz CT molecular complexity index is 2210. The van der Waals surface area contributed by atoms with Crippen LogP contribution in [0.15, 0.2) is 60.7 Å². The Hall–Kier alpha value is -3.48. The highest BCUT2D eigenvalue weighted by molar-refractivity contribution is 6.70. The summed E-state index contributed by atoms with van der Waals surface area (Å²) >= 11 is 0. The Labute approximate surface area is 468 Å². The van der Waals surface area contributed by atoms with E-state index in [2.05, 4.69) is 58.0 Å². The number of hydrogen-bond donors (Lipinski definition) is 2. The van der Waals surface area contributed by atoms with Gasteiger partial charge in [0.2, 0.25) is 0 Å². The van der Waals surface area contributed by atoms with Gasteiger partial charge >= 0.3 is 18.2 Å². The molecule has 17 nitrogen and oxygen atoms in total. The van der Waals surface area contributed by atoms with E-state index in [-0.39, 0.29) is 50.5 Å². The first-order chi connectivity index (χ1) is 36.2. The van der Waals surface area contributed by atoms with Crippen LogP contribution in [0, 0.1) is 17.8 Å². The zero-order valence-electron chi connectivity index (χ0n) is 50.5. The molecule has 3 aliphatic rings. The number of likely N-dealkylation sites (N-methyl/N-ethyl adjacent to an activating group) is 2. The molecule has 0 radical (unpaired) electrons. The smallest absolute Gasteiger partial charge is 0.459 e. The van der Waals surface area contributed by atoms with Gasteiger partial charge in [0.25, 0.3) is 0 Å². The molecule has 2 aliphatic heterocycles. The number of benzene rings is 2. The Morgan fingerprint density at radius 2 is 1.33 bits per heavy atom. The third-order valence-electron chi connectivity index (χ3n) is 16.5. The molecule has 0 aromatic heterocycles. The third kappa shape index (κ3) is 16.8. The number of carbonyl (C=O) groups is 3. The van der Waals surface area contributed by atoms with Crippen molar-refractivity contribution in [3.8, 4) is 0 Å². The van der Waals surface area contributed by atoms with E-state index < -0.39 is 125 Å². The maximum Gasteiger partial charge on any atom is 0.509 e. The predicted octanol–water partition coefficient (Wildman–Crippen LogP) is 10.1. The van der Waals surface area contributed by atoms with Gasteiger partial charge in [-0.1, -0.05) is 81.4 Å². The minimum absolute atomic E-state index is 0.0000347. The summed E-state index contributed by atoms with van der Waals surface area (Å²) in [5.41, 5.74) is -2.50. The molecule has 2 saturated heterocycles. The van der Waals surface area contributed by atoms with Gasteiger partial charge in [0, 0.05) is 38.1 Å². The molecular weight excluding hydrogens is 1030 g/mol. The van der Waals surface area contributed by atoms with E-state index in [1.54, 1.807) is 34.9 Å². The van der Waals surface area contributed by atoms with Gasteiger partial charge in [-0.15, -0.1) is 0 Å². The van der Waals surface area contributed by atoms with Crippen LogP contribution in [-0.4, -0.2) is 166 Å². The largest absolute Gasteiger partial charge is 0.509 e. The molecule has 2 N–H and O–H groups in total. The van der Waals surface area contributed by atoms with Crippen LogP contribution in [0.4, 0.5) is 9.59 Å². The van der Waals surface area contributed by atoms with Crippen molar-refractivity contribution in [3.05, 3.63) is 71.8 Å². The number of esters is 1. The van der Waals surface area contributed by atoms with Crippen molar-refractivity contribution in [1.29, 1.82) is 0 Å². The fourth-order valence-electron chi connectivity index (χ4n) is 11.9. The van der Waals surface area contributed by atoms with Gasteiger partial charge in [0.15, 0.2) is 29.0 Å². The lowest BCUT2D eigenvalue weighted by Crippen LogP contribution is -2.64. The van der Waals surface area contributed by atoms with Crippen LogP contribution in [0.25, 0.3) is 0 Å². The van der Waals surface area contributed by atoms with Gasteiger partial charge in [-0.3, -0.25) is 9.69 Å². The summed E-state index contributed by atoms with van der Waals surface area (Å²) in [4.78, 5) is 46.6. The quantitative estimate of drug-likeness (QED) is 0.0916. The number of cyclic esters (lactones) is 1. The molecule has 0 unspecified atom stereocenters. The van der Waals surface area contributed by atoms with Gasteiger partial charge in [-0.2, -0.15) is 0 Å². The lowest BCUT2D eigenvalue weighted by molar-refractivity contribution is -0.303. The second-order valence-corrected chi connectivity index (χ2v) is 34.2. The lowest BCUT2D eigenvalue weighted by Gasteiger charge is -2.52. The van der Waals surface area contributed by atoms with E-state index in [4.69, 9.17) is 46.7 Å². The molecular formula is C59H98N2O15Si2. The Kier molecular flexibility index (Phi) is 22.7. The fraction of sp³-hybridized carbons (Fsp3) is 0.746. The zero-order chi connectivity index (χ0) is 58.3. The third-order valence-corrected chi connectivity index (χ3v) is 18.4. The second kappa shape index (κ2) is 27.1. The first kappa shape index (κ1) is 65.3. The Morgan fingerprint density at radius 1 is 0.782 bits per heavy atom. The number of amides is 1. The van der Waals surface area contributed by atoms with Gasteiger partial charge in [0.1, 0.15) is 24.9 Å². The molecule has 0 spiro atoms. The van der Waals surface area contributed by atoms with Crippen molar-refractivity contribution in [1.82, 2.24) is 9.80 Å². The van der Waals surface area contributed by atoms with Crippen molar-refractivity contribution in [2.45, 2.75) is 244 Å². The second-order valence-electron chi connectivity index (χ2n) is 25.3. The van der Waals surface area contributed by atoms with E-state index in [9.17, 15) is 19.8 Å². The molecule has 442 valence electrons. The molecule has 3 fully saturated rings. The first-order valence-electron chi connectivity index (χ1n) is 28.3. The highest BCUT2D eigenvalue weighted by atomic mass is 28.4. The van der Waals surface area contributed by atoms with Gasteiger partial charge in [0.05, 0.1) is 59.8 Å². The van der Waals surface area contributed by atoms with E-state index in [0.717, 1.165) is 11.1 Å². The number of ether oxygens (including phenoxy) is 8. The van der Waals surface area contributed by atoms with Crippen molar-refractivity contribution in [2.24, 2.45) is 17.8 Å². The van der Waals surface area contributed by atoms with Gasteiger partial charge in [-0.05, 0) is 138 Å². The molecule has 18 atom stereocenters. The molecule has 2 heterocycles. The van der Waals surface area contributed by atoms with Gasteiger partial charge in [-0.25, -0.2) is 9.59 Å². The van der Waals surface area contributed by atoms with Crippen LogP contribution in [0.2, 0.25) is 39.3 Å². The summed E-state index contributed by atoms with van der Waals surface area (Å²) in [6, 6.07) is 16.8. The number of aliphatic hydroxyl groups is 2. The van der Waals surface area contributed by atoms with Crippen LogP contribution >= 0.6 is 0 Å². The van der Waals surface area contributed by atoms with Crippen LogP contribution in [0.1, 0.15) is 112 Å². The van der Waals surface area contributed by atoms with Crippen LogP contribution in [0.3, 0.4) is 0 Å². The average Bonchev–Trinajstić information content (AvgIpc) is 3.38. The van der Waals surface area contributed by atoms with Crippen molar-refractivity contribution < 1.29 is 71.3 Å². The number of hydrogen-bond acceptors (Lipinski definition) is 16. The molecule has 19 heteroatoms. The normalized spacial score (nSPS) is 36.9. The number of rotatable bonds is 16. The monoisotopic (exact) mass is 1130 g/mol. The topological polar surface area (TPSA) is 190 Å².